The summed E-state index contributed by atoms with van der Waals surface area (Å²) in [6.45, 7) is 5.28. The van der Waals surface area contributed by atoms with Crippen LogP contribution >= 0.6 is 0 Å². The van der Waals surface area contributed by atoms with Gasteiger partial charge in [0, 0.05) is 11.5 Å². The van der Waals surface area contributed by atoms with Gasteiger partial charge in [0.25, 0.3) is 5.56 Å². The van der Waals surface area contributed by atoms with E-state index >= 15 is 0 Å². The van der Waals surface area contributed by atoms with Crippen molar-refractivity contribution >= 4 is 17.0 Å². The molecule has 23 heavy (non-hydrogen) atoms. The molecule has 0 aliphatic carbocycles. The lowest BCUT2D eigenvalue weighted by Gasteiger charge is -2.10. The second-order valence-corrected chi connectivity index (χ2v) is 5.68. The summed E-state index contributed by atoms with van der Waals surface area (Å²) in [5, 5.41) is 14.5. The summed E-state index contributed by atoms with van der Waals surface area (Å²) in [4.78, 5) is 23.5. The lowest BCUT2D eigenvalue weighted by atomic mass is 10.1. The molecular weight excluding hydrogens is 294 g/mol. The van der Waals surface area contributed by atoms with Gasteiger partial charge in [-0.25, -0.2) is 4.68 Å². The van der Waals surface area contributed by atoms with E-state index in [9.17, 15) is 9.59 Å². The molecule has 0 amide bonds. The number of pyridine rings is 1. The molecule has 2 aromatic heterocycles. The number of rotatable bonds is 3. The van der Waals surface area contributed by atoms with E-state index in [0.717, 1.165) is 27.9 Å². The van der Waals surface area contributed by atoms with Crippen LogP contribution in [0.1, 0.15) is 16.8 Å². The van der Waals surface area contributed by atoms with Gasteiger partial charge in [0.1, 0.15) is 12.2 Å². The minimum absolute atomic E-state index is 0.342. The predicted octanol–water partition coefficient (Wildman–Crippen LogP) is 2.20. The molecule has 0 unspecified atom stereocenters. The monoisotopic (exact) mass is 311 g/mol. The van der Waals surface area contributed by atoms with Crippen molar-refractivity contribution in [2.45, 2.75) is 27.3 Å². The van der Waals surface area contributed by atoms with Gasteiger partial charge in [-0.3, -0.25) is 14.2 Å². The van der Waals surface area contributed by atoms with Gasteiger partial charge >= 0.3 is 5.97 Å². The van der Waals surface area contributed by atoms with Crippen LogP contribution in [0.5, 0.6) is 0 Å². The molecule has 3 rings (SSSR count). The molecule has 0 radical (unpaired) electrons. The Kier molecular flexibility index (Phi) is 3.52. The maximum atomic E-state index is 12.3. The fraction of sp³-hybridized carbons (Fsp3) is 0.235. The molecule has 118 valence electrons. The van der Waals surface area contributed by atoms with Crippen molar-refractivity contribution in [1.82, 2.24) is 14.3 Å². The molecule has 6 nitrogen and oxygen atoms in total. The van der Waals surface area contributed by atoms with Crippen LogP contribution < -0.4 is 5.56 Å². The van der Waals surface area contributed by atoms with E-state index in [0.29, 0.717) is 5.65 Å². The van der Waals surface area contributed by atoms with E-state index in [2.05, 4.69) is 5.10 Å². The van der Waals surface area contributed by atoms with Crippen LogP contribution in [-0.2, 0) is 11.3 Å². The molecule has 2 heterocycles. The van der Waals surface area contributed by atoms with E-state index in [-0.39, 0.29) is 5.56 Å². The van der Waals surface area contributed by atoms with Gasteiger partial charge in [-0.1, -0.05) is 17.7 Å². The average molecular weight is 311 g/mol. The van der Waals surface area contributed by atoms with Crippen LogP contribution in [0.2, 0.25) is 0 Å². The normalized spacial score (nSPS) is 11.1. The van der Waals surface area contributed by atoms with Crippen LogP contribution in [0.3, 0.4) is 0 Å². The zero-order valence-corrected chi connectivity index (χ0v) is 13.2. The number of aliphatic carboxylic acids is 1. The van der Waals surface area contributed by atoms with Gasteiger partial charge < -0.3 is 5.11 Å². The number of hydrogen-bond acceptors (Lipinski definition) is 3. The third kappa shape index (κ3) is 2.52. The highest BCUT2D eigenvalue weighted by atomic mass is 16.4. The van der Waals surface area contributed by atoms with E-state index in [1.165, 1.54) is 10.6 Å². The third-order valence-electron chi connectivity index (χ3n) is 3.86. The molecule has 0 aliphatic rings. The molecule has 0 spiro atoms. The van der Waals surface area contributed by atoms with Crippen molar-refractivity contribution in [3.63, 3.8) is 0 Å². The SMILES string of the molecule is Cc1ccc(-n2nc(C)c3c(C)cc(=O)n(CC(=O)O)c32)cc1. The van der Waals surface area contributed by atoms with Gasteiger partial charge in [-0.05, 0) is 38.5 Å². The zero-order valence-electron chi connectivity index (χ0n) is 13.2. The van der Waals surface area contributed by atoms with Crippen molar-refractivity contribution in [3.8, 4) is 5.69 Å². The van der Waals surface area contributed by atoms with E-state index in [1.807, 2.05) is 45.0 Å². The molecule has 0 fully saturated rings. The van der Waals surface area contributed by atoms with Gasteiger partial charge in [0.15, 0.2) is 0 Å². The number of benzene rings is 1. The lowest BCUT2D eigenvalue weighted by molar-refractivity contribution is -0.137. The number of nitrogens with zero attached hydrogens (tertiary/aromatic N) is 3. The van der Waals surface area contributed by atoms with Gasteiger partial charge in [0.2, 0.25) is 0 Å². The third-order valence-corrected chi connectivity index (χ3v) is 3.86. The zero-order chi connectivity index (χ0) is 16.7. The number of carbonyl (C=O) groups is 1. The number of aryl methyl sites for hydroxylation is 3. The fourth-order valence-electron chi connectivity index (χ4n) is 2.82. The second kappa shape index (κ2) is 5.39. The molecular formula is C17H17N3O3. The quantitative estimate of drug-likeness (QED) is 0.804. The second-order valence-electron chi connectivity index (χ2n) is 5.68. The van der Waals surface area contributed by atoms with Crippen molar-refractivity contribution < 1.29 is 9.90 Å². The first-order valence-electron chi connectivity index (χ1n) is 7.27. The highest BCUT2D eigenvalue weighted by Gasteiger charge is 2.18. The first-order chi connectivity index (χ1) is 10.9. The summed E-state index contributed by atoms with van der Waals surface area (Å²) in [7, 11) is 0. The van der Waals surface area contributed by atoms with Crippen LogP contribution in [0.4, 0.5) is 0 Å². The van der Waals surface area contributed by atoms with Crippen LogP contribution in [-0.4, -0.2) is 25.4 Å². The van der Waals surface area contributed by atoms with E-state index in [4.69, 9.17) is 5.11 Å². The lowest BCUT2D eigenvalue weighted by Crippen LogP contribution is -2.25. The highest BCUT2D eigenvalue weighted by molar-refractivity contribution is 5.84. The molecule has 0 saturated carbocycles. The Labute approximate surface area is 132 Å². The van der Waals surface area contributed by atoms with Gasteiger partial charge in [-0.15, -0.1) is 0 Å². The predicted molar refractivity (Wildman–Crippen MR) is 87.2 cm³/mol. The Bertz CT molecular complexity index is 965. The Morgan fingerprint density at radius 1 is 1.17 bits per heavy atom. The summed E-state index contributed by atoms with van der Waals surface area (Å²) >= 11 is 0. The summed E-state index contributed by atoms with van der Waals surface area (Å²) in [5.74, 6) is -1.06. The molecule has 0 atom stereocenters. The maximum absolute atomic E-state index is 12.3. The first-order valence-corrected chi connectivity index (χ1v) is 7.27. The topological polar surface area (TPSA) is 77.1 Å². The average Bonchev–Trinajstić information content (AvgIpc) is 2.82. The Balaban J connectivity index is 2.41. The first kappa shape index (κ1) is 15.0. The number of aromatic nitrogens is 3. The molecule has 0 aliphatic heterocycles. The van der Waals surface area contributed by atoms with Crippen molar-refractivity contribution in [3.05, 3.63) is 57.5 Å². The van der Waals surface area contributed by atoms with Crippen molar-refractivity contribution in [2.75, 3.05) is 0 Å². The number of hydrogen-bond donors (Lipinski definition) is 1. The molecule has 3 aromatic rings. The minimum Gasteiger partial charge on any atom is -0.480 e. The van der Waals surface area contributed by atoms with Crippen molar-refractivity contribution in [1.29, 1.82) is 0 Å². The summed E-state index contributed by atoms with van der Waals surface area (Å²) < 4.78 is 2.89. The smallest absolute Gasteiger partial charge is 0.323 e. The molecule has 1 N–H and O–H groups in total. The van der Waals surface area contributed by atoms with Crippen LogP contribution in [0.25, 0.3) is 16.7 Å². The van der Waals surface area contributed by atoms with Crippen LogP contribution in [0, 0.1) is 20.8 Å². The van der Waals surface area contributed by atoms with E-state index < -0.39 is 12.5 Å². The van der Waals surface area contributed by atoms with E-state index in [1.54, 1.807) is 4.68 Å². The molecule has 0 bridgehead atoms. The summed E-state index contributed by atoms with van der Waals surface area (Å²) in [5.41, 5.74) is 3.63. The van der Waals surface area contributed by atoms with Crippen molar-refractivity contribution in [2.24, 2.45) is 0 Å². The fourth-order valence-corrected chi connectivity index (χ4v) is 2.82. The van der Waals surface area contributed by atoms with Gasteiger partial charge in [0.05, 0.1) is 11.4 Å². The summed E-state index contributed by atoms with van der Waals surface area (Å²) in [6, 6.07) is 9.17. The van der Waals surface area contributed by atoms with Gasteiger partial charge in [-0.2, -0.15) is 5.10 Å². The largest absolute Gasteiger partial charge is 0.480 e. The highest BCUT2D eigenvalue weighted by Crippen LogP contribution is 2.23. The Morgan fingerprint density at radius 2 is 1.83 bits per heavy atom. The Morgan fingerprint density at radius 3 is 2.43 bits per heavy atom. The number of fused-ring (bicyclic) bond motifs is 1. The Hall–Kier alpha value is -2.89. The number of carboxylic acid groups (broad SMARTS) is 1. The molecule has 0 saturated heterocycles. The maximum Gasteiger partial charge on any atom is 0.323 e. The number of carboxylic acids is 1. The molecule has 6 heteroatoms. The minimum atomic E-state index is -1.06. The van der Waals surface area contributed by atoms with Crippen LogP contribution in [0.15, 0.2) is 35.1 Å². The summed E-state index contributed by atoms with van der Waals surface area (Å²) in [6.07, 6.45) is 0. The standard InChI is InChI=1S/C17H17N3O3/c1-10-4-6-13(7-5-10)20-17-16(12(3)18-20)11(2)8-14(21)19(17)9-15(22)23/h4-8H,9H2,1-3H3,(H,22,23). The molecule has 1 aromatic carbocycles.